The second kappa shape index (κ2) is 6.45. The van der Waals surface area contributed by atoms with Crippen LogP contribution in [0, 0.1) is 6.92 Å². The van der Waals surface area contributed by atoms with E-state index in [-0.39, 0.29) is 11.7 Å². The fourth-order valence-corrected chi connectivity index (χ4v) is 4.52. The molecule has 8 heteroatoms. The number of carboxylic acids is 1. The van der Waals surface area contributed by atoms with Crippen LogP contribution in [0.25, 0.3) is 11.4 Å². The Bertz CT molecular complexity index is 946. The maximum atomic E-state index is 11.2. The molecule has 0 aliphatic carbocycles. The number of aliphatic carboxylic acids is 1. The first-order chi connectivity index (χ1) is 12.1. The zero-order valence-corrected chi connectivity index (χ0v) is 14.9. The predicted molar refractivity (Wildman–Crippen MR) is 98.3 cm³/mol. The van der Waals surface area contributed by atoms with E-state index in [2.05, 4.69) is 10.2 Å². The molecule has 6 nitrogen and oxygen atoms in total. The van der Waals surface area contributed by atoms with Crippen molar-refractivity contribution in [2.45, 2.75) is 23.8 Å². The third-order valence-corrected chi connectivity index (χ3v) is 5.85. The van der Waals surface area contributed by atoms with E-state index in [0.717, 1.165) is 16.2 Å². The topological polar surface area (TPSA) is 80.4 Å². The summed E-state index contributed by atoms with van der Waals surface area (Å²) >= 11 is 2.94. The van der Waals surface area contributed by atoms with Crippen LogP contribution in [-0.4, -0.2) is 36.9 Å². The third-order valence-electron chi connectivity index (χ3n) is 3.82. The molecule has 0 amide bonds. The summed E-state index contributed by atoms with van der Waals surface area (Å²) in [6.45, 7) is 2.03. The van der Waals surface area contributed by atoms with Crippen molar-refractivity contribution in [2.24, 2.45) is 5.10 Å². The van der Waals surface area contributed by atoms with Gasteiger partial charge in [0.1, 0.15) is 0 Å². The van der Waals surface area contributed by atoms with Gasteiger partial charge in [0.05, 0.1) is 22.3 Å². The minimum Gasteiger partial charge on any atom is -0.481 e. The quantitative estimate of drug-likeness (QED) is 0.760. The molecule has 0 saturated carbocycles. The Hall–Kier alpha value is -2.45. The Balaban J connectivity index is 1.81. The number of thioether (sulfide) groups is 1. The highest BCUT2D eigenvalue weighted by Crippen LogP contribution is 2.35. The normalized spacial score (nSPS) is 16.4. The van der Waals surface area contributed by atoms with E-state index in [1.807, 2.05) is 48.7 Å². The number of thiophene rings is 1. The van der Waals surface area contributed by atoms with Crippen LogP contribution in [0.1, 0.15) is 16.9 Å². The summed E-state index contributed by atoms with van der Waals surface area (Å²) < 4.78 is 1.71. The molecule has 4 rings (SSSR count). The number of aromatic nitrogens is 3. The van der Waals surface area contributed by atoms with Crippen molar-refractivity contribution in [3.05, 3.63) is 52.2 Å². The van der Waals surface area contributed by atoms with E-state index in [1.165, 1.54) is 17.3 Å². The molecule has 0 unspecified atom stereocenters. The summed E-state index contributed by atoms with van der Waals surface area (Å²) in [7, 11) is 0. The van der Waals surface area contributed by atoms with Gasteiger partial charge in [0, 0.05) is 5.56 Å². The number of aryl methyl sites for hydroxylation is 1. The van der Waals surface area contributed by atoms with Gasteiger partial charge in [-0.05, 0) is 18.4 Å². The Morgan fingerprint density at radius 1 is 1.24 bits per heavy atom. The van der Waals surface area contributed by atoms with Crippen LogP contribution in [-0.2, 0) is 4.79 Å². The number of fused-ring (bicyclic) bond motifs is 1. The molecule has 0 saturated heterocycles. The second-order valence-corrected chi connectivity index (χ2v) is 7.77. The molecule has 1 aromatic carbocycles. The summed E-state index contributed by atoms with van der Waals surface area (Å²) in [5.74, 6) is -0.196. The third kappa shape index (κ3) is 3.10. The second-order valence-electron chi connectivity index (χ2n) is 5.65. The van der Waals surface area contributed by atoms with E-state index in [4.69, 9.17) is 5.10 Å². The lowest BCUT2D eigenvalue weighted by Gasteiger charge is -2.21. The largest absolute Gasteiger partial charge is 0.481 e. The van der Waals surface area contributed by atoms with Gasteiger partial charge in [-0.3, -0.25) is 4.79 Å². The molecule has 25 heavy (non-hydrogen) atoms. The minimum absolute atomic E-state index is 0.00583. The van der Waals surface area contributed by atoms with E-state index in [9.17, 15) is 9.90 Å². The molecular weight excluding hydrogens is 356 g/mol. The van der Waals surface area contributed by atoms with Crippen molar-refractivity contribution in [1.82, 2.24) is 14.9 Å². The number of carbonyl (C=O) groups is 1. The Labute approximate surface area is 152 Å². The van der Waals surface area contributed by atoms with Crippen LogP contribution < -0.4 is 0 Å². The van der Waals surface area contributed by atoms with E-state index in [0.29, 0.717) is 11.0 Å². The number of rotatable bonds is 4. The fraction of sp³-hybridized carbons (Fsp3) is 0.176. The minimum atomic E-state index is -0.853. The fourth-order valence-electron chi connectivity index (χ4n) is 2.60. The van der Waals surface area contributed by atoms with E-state index in [1.54, 1.807) is 16.0 Å². The van der Waals surface area contributed by atoms with Gasteiger partial charge >= 0.3 is 5.97 Å². The monoisotopic (exact) mass is 370 g/mol. The molecule has 126 valence electrons. The van der Waals surface area contributed by atoms with Crippen LogP contribution in [0.2, 0.25) is 0 Å². The van der Waals surface area contributed by atoms with Crippen molar-refractivity contribution in [3.63, 3.8) is 0 Å². The smallest absolute Gasteiger partial charge is 0.304 e. The summed E-state index contributed by atoms with van der Waals surface area (Å²) in [4.78, 5) is 12.2. The predicted octanol–water partition coefficient (Wildman–Crippen LogP) is 3.52. The van der Waals surface area contributed by atoms with Crippen molar-refractivity contribution in [1.29, 1.82) is 0 Å². The lowest BCUT2D eigenvalue weighted by Crippen LogP contribution is -2.26. The Morgan fingerprint density at radius 2 is 2.04 bits per heavy atom. The van der Waals surface area contributed by atoms with Gasteiger partial charge < -0.3 is 5.11 Å². The van der Waals surface area contributed by atoms with Crippen LogP contribution >= 0.6 is 23.1 Å². The highest BCUT2D eigenvalue weighted by atomic mass is 32.2. The summed E-state index contributed by atoms with van der Waals surface area (Å²) in [6, 6.07) is 11.9. The van der Waals surface area contributed by atoms with Crippen molar-refractivity contribution in [3.8, 4) is 11.4 Å². The van der Waals surface area contributed by atoms with Gasteiger partial charge in [0.15, 0.2) is 5.82 Å². The Morgan fingerprint density at radius 3 is 2.72 bits per heavy atom. The van der Waals surface area contributed by atoms with Crippen molar-refractivity contribution < 1.29 is 9.90 Å². The van der Waals surface area contributed by atoms with Gasteiger partial charge in [0.2, 0.25) is 5.16 Å². The first-order valence-corrected chi connectivity index (χ1v) is 9.41. The maximum absolute atomic E-state index is 11.2. The highest BCUT2D eigenvalue weighted by molar-refractivity contribution is 8.00. The molecule has 1 atom stereocenters. The SMILES string of the molecule is Cc1ccc(-c2nnc3n2N=C(c2cccs2)[C@@H](CC(=O)O)S3)cc1. The number of carboxylic acid groups (broad SMARTS) is 1. The standard InChI is InChI=1S/C17H14N4O2S2/c1-10-4-6-11(7-5-10)16-18-19-17-21(16)20-15(12-3-2-8-24-12)13(25-17)9-14(22)23/h2-8,13H,9H2,1H3,(H,22,23)/t13-/m1/s1. The van der Waals surface area contributed by atoms with Crippen molar-refractivity contribution in [2.75, 3.05) is 0 Å². The molecule has 3 aromatic rings. The molecule has 0 radical (unpaired) electrons. The van der Waals surface area contributed by atoms with Gasteiger partial charge in [0.25, 0.3) is 0 Å². The van der Waals surface area contributed by atoms with Crippen molar-refractivity contribution >= 4 is 34.8 Å². The Kier molecular flexibility index (Phi) is 4.14. The molecule has 2 aromatic heterocycles. The van der Waals surface area contributed by atoms with Crippen LogP contribution in [0.15, 0.2) is 52.0 Å². The van der Waals surface area contributed by atoms with Gasteiger partial charge in [-0.2, -0.15) is 9.78 Å². The summed E-state index contributed by atoms with van der Waals surface area (Å²) in [5.41, 5.74) is 2.85. The lowest BCUT2D eigenvalue weighted by atomic mass is 10.1. The van der Waals surface area contributed by atoms with Crippen LogP contribution in [0.5, 0.6) is 0 Å². The molecular formula is C17H14N4O2S2. The zero-order valence-electron chi connectivity index (χ0n) is 13.3. The molecule has 0 fully saturated rings. The highest BCUT2D eigenvalue weighted by Gasteiger charge is 2.31. The molecule has 1 aliphatic heterocycles. The van der Waals surface area contributed by atoms with E-state index >= 15 is 0 Å². The first kappa shape index (κ1) is 16.0. The van der Waals surface area contributed by atoms with Gasteiger partial charge in [-0.25, -0.2) is 0 Å². The van der Waals surface area contributed by atoms with Crippen LogP contribution in [0.4, 0.5) is 0 Å². The van der Waals surface area contributed by atoms with Gasteiger partial charge in [-0.1, -0.05) is 47.7 Å². The molecule has 3 heterocycles. The zero-order chi connectivity index (χ0) is 17.4. The molecule has 1 N–H and O–H groups in total. The maximum Gasteiger partial charge on any atom is 0.304 e. The number of nitrogens with zero attached hydrogens (tertiary/aromatic N) is 4. The molecule has 0 bridgehead atoms. The lowest BCUT2D eigenvalue weighted by molar-refractivity contribution is -0.136. The number of hydrogen-bond acceptors (Lipinski definition) is 6. The number of benzene rings is 1. The van der Waals surface area contributed by atoms with Crippen LogP contribution in [0.3, 0.4) is 0 Å². The number of hydrogen-bond donors (Lipinski definition) is 1. The molecule has 0 spiro atoms. The summed E-state index contributed by atoms with van der Waals surface area (Å²) in [5, 5.41) is 24.7. The first-order valence-electron chi connectivity index (χ1n) is 7.65. The van der Waals surface area contributed by atoms with E-state index < -0.39 is 5.97 Å². The average Bonchev–Trinajstić information content (AvgIpc) is 3.23. The molecule has 1 aliphatic rings. The summed E-state index contributed by atoms with van der Waals surface area (Å²) in [6.07, 6.45) is -0.00583. The average molecular weight is 370 g/mol. The van der Waals surface area contributed by atoms with Gasteiger partial charge in [-0.15, -0.1) is 21.5 Å².